The van der Waals surface area contributed by atoms with Crippen molar-refractivity contribution in [1.29, 1.82) is 0 Å². The monoisotopic (exact) mass is 411 g/mol. The summed E-state index contributed by atoms with van der Waals surface area (Å²) in [7, 11) is 1.55. The minimum Gasteiger partial charge on any atom is -0.355 e. The lowest BCUT2D eigenvalue weighted by atomic mass is 10.1. The van der Waals surface area contributed by atoms with Crippen molar-refractivity contribution in [3.8, 4) is 5.69 Å². The lowest BCUT2D eigenvalue weighted by Crippen LogP contribution is -2.17. The molecule has 0 saturated heterocycles. The summed E-state index contributed by atoms with van der Waals surface area (Å²) in [6.45, 7) is 0. The van der Waals surface area contributed by atoms with E-state index in [1.54, 1.807) is 61.6 Å². The molecule has 4 aromatic rings. The minimum absolute atomic E-state index is 0.202. The molecule has 0 atom stereocenters. The molecule has 1 amide bonds. The highest BCUT2D eigenvalue weighted by Gasteiger charge is 2.33. The molecule has 152 valence electrons. The predicted molar refractivity (Wildman–Crippen MR) is 107 cm³/mol. The zero-order valence-electron chi connectivity index (χ0n) is 15.7. The Morgan fingerprint density at radius 3 is 2.43 bits per heavy atom. The maximum Gasteiger partial charge on any atom is 0.435 e. The number of aromatic nitrogens is 3. The molecule has 2 N–H and O–H groups in total. The smallest absolute Gasteiger partial charge is 0.355 e. The van der Waals surface area contributed by atoms with Gasteiger partial charge in [-0.2, -0.15) is 18.3 Å². The SMILES string of the molecule is CNC(=O)c1ccc(Nc2cc(-n3ccc(C(F)(F)F)n3)c3ccccc3n2)cc1. The van der Waals surface area contributed by atoms with Gasteiger partial charge in [-0.15, -0.1) is 0 Å². The fourth-order valence-electron chi connectivity index (χ4n) is 3.02. The summed E-state index contributed by atoms with van der Waals surface area (Å²) in [5, 5.41) is 10.0. The maximum absolute atomic E-state index is 13.0. The van der Waals surface area contributed by atoms with E-state index in [-0.39, 0.29) is 5.91 Å². The molecule has 0 radical (unpaired) electrons. The largest absolute Gasteiger partial charge is 0.435 e. The number of rotatable bonds is 4. The molecule has 0 fully saturated rings. The Hall–Kier alpha value is -3.88. The van der Waals surface area contributed by atoms with E-state index in [9.17, 15) is 18.0 Å². The highest BCUT2D eigenvalue weighted by Crippen LogP contribution is 2.30. The minimum atomic E-state index is -4.53. The summed E-state index contributed by atoms with van der Waals surface area (Å²) in [6, 6.07) is 16.4. The molecule has 0 unspecified atom stereocenters. The summed E-state index contributed by atoms with van der Waals surface area (Å²) >= 11 is 0. The Morgan fingerprint density at radius 1 is 1.03 bits per heavy atom. The van der Waals surface area contributed by atoms with E-state index in [0.717, 1.165) is 6.07 Å². The third-order valence-corrected chi connectivity index (χ3v) is 4.47. The number of hydrogen-bond acceptors (Lipinski definition) is 4. The molecular formula is C21H16F3N5O. The number of hydrogen-bond donors (Lipinski definition) is 2. The Kier molecular flexibility index (Phi) is 4.86. The number of nitrogens with zero attached hydrogens (tertiary/aromatic N) is 3. The average molecular weight is 411 g/mol. The molecule has 6 nitrogen and oxygen atoms in total. The molecule has 0 aliphatic heterocycles. The highest BCUT2D eigenvalue weighted by molar-refractivity contribution is 5.94. The van der Waals surface area contributed by atoms with E-state index >= 15 is 0 Å². The second-order valence-corrected chi connectivity index (χ2v) is 6.47. The van der Waals surface area contributed by atoms with Gasteiger partial charge in [0.15, 0.2) is 5.69 Å². The lowest BCUT2D eigenvalue weighted by Gasteiger charge is -2.12. The number of para-hydroxylation sites is 1. The Balaban J connectivity index is 1.73. The third kappa shape index (κ3) is 3.82. The second-order valence-electron chi connectivity index (χ2n) is 6.47. The molecule has 30 heavy (non-hydrogen) atoms. The quantitative estimate of drug-likeness (QED) is 0.517. The van der Waals surface area contributed by atoms with Gasteiger partial charge in [-0.25, -0.2) is 9.67 Å². The molecule has 0 aliphatic rings. The van der Waals surface area contributed by atoms with Crippen LogP contribution in [0, 0.1) is 0 Å². The van der Waals surface area contributed by atoms with Crippen molar-refractivity contribution in [2.75, 3.05) is 12.4 Å². The van der Waals surface area contributed by atoms with Crippen molar-refractivity contribution < 1.29 is 18.0 Å². The van der Waals surface area contributed by atoms with Gasteiger partial charge < -0.3 is 10.6 Å². The van der Waals surface area contributed by atoms with Crippen molar-refractivity contribution in [2.24, 2.45) is 0 Å². The summed E-state index contributed by atoms with van der Waals surface area (Å²) < 4.78 is 40.1. The van der Waals surface area contributed by atoms with Crippen molar-refractivity contribution in [2.45, 2.75) is 6.18 Å². The highest BCUT2D eigenvalue weighted by atomic mass is 19.4. The second kappa shape index (κ2) is 7.51. The van der Waals surface area contributed by atoms with Crippen LogP contribution in [0.3, 0.4) is 0 Å². The number of halogens is 3. The van der Waals surface area contributed by atoms with E-state index in [1.165, 1.54) is 10.9 Å². The molecule has 0 spiro atoms. The maximum atomic E-state index is 13.0. The van der Waals surface area contributed by atoms with Gasteiger partial charge in [-0.3, -0.25) is 4.79 Å². The van der Waals surface area contributed by atoms with Crippen LogP contribution in [0.1, 0.15) is 16.1 Å². The van der Waals surface area contributed by atoms with Gasteiger partial charge in [-0.05, 0) is 36.4 Å². The number of carbonyl (C=O) groups is 1. The normalized spacial score (nSPS) is 11.5. The number of fused-ring (bicyclic) bond motifs is 1. The lowest BCUT2D eigenvalue weighted by molar-refractivity contribution is -0.141. The third-order valence-electron chi connectivity index (χ3n) is 4.47. The van der Waals surface area contributed by atoms with Crippen LogP contribution in [0.2, 0.25) is 0 Å². The fraction of sp³-hybridized carbons (Fsp3) is 0.0952. The Bertz CT molecular complexity index is 1220. The molecule has 4 rings (SSSR count). The first-order valence-electron chi connectivity index (χ1n) is 8.97. The number of alkyl halides is 3. The standard InChI is InChI=1S/C21H16F3N5O/c1-25-20(30)13-6-8-14(9-7-13)26-19-12-17(15-4-2-3-5-16(15)27-19)29-11-10-18(28-29)21(22,23)24/h2-12H,1H3,(H,25,30)(H,26,27). The van der Waals surface area contributed by atoms with Gasteiger partial charge in [0.2, 0.25) is 0 Å². The predicted octanol–water partition coefficient (Wildman–Crippen LogP) is 4.54. The van der Waals surface area contributed by atoms with Crippen molar-refractivity contribution in [3.05, 3.63) is 78.1 Å². The summed E-state index contributed by atoms with van der Waals surface area (Å²) in [5.74, 6) is 0.229. The van der Waals surface area contributed by atoms with Crippen LogP contribution in [0.5, 0.6) is 0 Å². The summed E-state index contributed by atoms with van der Waals surface area (Å²) in [6.07, 6.45) is -3.26. The van der Waals surface area contributed by atoms with Crippen LogP contribution in [0.15, 0.2) is 66.9 Å². The van der Waals surface area contributed by atoms with Gasteiger partial charge in [0.1, 0.15) is 5.82 Å². The first-order chi connectivity index (χ1) is 14.3. The Morgan fingerprint density at radius 2 is 1.77 bits per heavy atom. The van der Waals surface area contributed by atoms with Crippen LogP contribution in [-0.4, -0.2) is 27.7 Å². The molecular weight excluding hydrogens is 395 g/mol. The van der Waals surface area contributed by atoms with Crippen LogP contribution in [0.4, 0.5) is 24.7 Å². The fourth-order valence-corrected chi connectivity index (χ4v) is 3.02. The van der Waals surface area contributed by atoms with Gasteiger partial charge >= 0.3 is 6.18 Å². The molecule has 9 heteroatoms. The molecule has 0 aliphatic carbocycles. The van der Waals surface area contributed by atoms with Crippen LogP contribution < -0.4 is 10.6 Å². The van der Waals surface area contributed by atoms with Gasteiger partial charge in [-0.1, -0.05) is 18.2 Å². The molecule has 0 saturated carbocycles. The number of amides is 1. The number of pyridine rings is 1. The summed E-state index contributed by atoms with van der Waals surface area (Å²) in [4.78, 5) is 16.2. The van der Waals surface area contributed by atoms with E-state index in [1.807, 2.05) is 0 Å². The summed E-state index contributed by atoms with van der Waals surface area (Å²) in [5.41, 5.74) is 1.27. The molecule has 0 bridgehead atoms. The van der Waals surface area contributed by atoms with Crippen LogP contribution >= 0.6 is 0 Å². The number of carbonyl (C=O) groups excluding carboxylic acids is 1. The van der Waals surface area contributed by atoms with E-state index < -0.39 is 11.9 Å². The van der Waals surface area contributed by atoms with Gasteiger partial charge in [0.25, 0.3) is 5.91 Å². The molecule has 2 heterocycles. The zero-order chi connectivity index (χ0) is 21.3. The van der Waals surface area contributed by atoms with Gasteiger partial charge in [0.05, 0.1) is 11.2 Å². The molecule has 2 aromatic carbocycles. The topological polar surface area (TPSA) is 71.8 Å². The van der Waals surface area contributed by atoms with Crippen molar-refractivity contribution in [1.82, 2.24) is 20.1 Å². The van der Waals surface area contributed by atoms with Crippen LogP contribution in [-0.2, 0) is 6.18 Å². The number of benzene rings is 2. The van der Waals surface area contributed by atoms with Crippen molar-refractivity contribution >= 4 is 28.3 Å². The van der Waals surface area contributed by atoms with Crippen molar-refractivity contribution in [3.63, 3.8) is 0 Å². The van der Waals surface area contributed by atoms with E-state index in [2.05, 4.69) is 20.7 Å². The van der Waals surface area contributed by atoms with Gasteiger partial charge in [0, 0.05) is 35.9 Å². The number of nitrogens with one attached hydrogen (secondary N) is 2. The van der Waals surface area contributed by atoms with Crippen LogP contribution in [0.25, 0.3) is 16.6 Å². The van der Waals surface area contributed by atoms with E-state index in [4.69, 9.17) is 0 Å². The number of anilines is 2. The molecule has 2 aromatic heterocycles. The first kappa shape index (κ1) is 19.4. The Labute approximate surface area is 169 Å². The van der Waals surface area contributed by atoms with E-state index in [0.29, 0.717) is 33.7 Å². The average Bonchev–Trinajstić information content (AvgIpc) is 3.24. The zero-order valence-corrected chi connectivity index (χ0v) is 15.7. The first-order valence-corrected chi connectivity index (χ1v) is 8.97.